The van der Waals surface area contributed by atoms with Crippen molar-refractivity contribution in [3.63, 3.8) is 0 Å². The van der Waals surface area contributed by atoms with Crippen molar-refractivity contribution in [1.82, 2.24) is 0 Å². The quantitative estimate of drug-likeness (QED) is 0.509. The van der Waals surface area contributed by atoms with Crippen LogP contribution >= 0.6 is 0 Å². The molecule has 3 aliphatic carbocycles. The molecule has 0 spiro atoms. The Morgan fingerprint density at radius 3 is 1.64 bits per heavy atom. The summed E-state index contributed by atoms with van der Waals surface area (Å²) < 4.78 is 0. The summed E-state index contributed by atoms with van der Waals surface area (Å²) in [7, 11) is 0. The number of hydroxylamine groups is 2. The van der Waals surface area contributed by atoms with Crippen LogP contribution in [0.4, 0.5) is 0 Å². The number of fused-ring (bicyclic) bond motifs is 3. The van der Waals surface area contributed by atoms with E-state index in [4.69, 9.17) is 0 Å². The van der Waals surface area contributed by atoms with Gasteiger partial charge >= 0.3 is 0 Å². The lowest BCUT2D eigenvalue weighted by molar-refractivity contribution is -0.652. The fourth-order valence-electron chi connectivity index (χ4n) is 7.06. The second kappa shape index (κ2) is 3.34. The molecule has 0 radical (unpaired) electrons. The molecule has 0 amide bonds. The van der Waals surface area contributed by atoms with E-state index >= 15 is 0 Å². The third-order valence-electron chi connectivity index (χ3n) is 8.72. The van der Waals surface area contributed by atoms with E-state index in [1.54, 1.807) is 0 Å². The van der Waals surface area contributed by atoms with Gasteiger partial charge in [-0.3, -0.25) is 0 Å². The van der Waals surface area contributed by atoms with E-state index in [9.17, 15) is 10.4 Å². The largest absolute Gasteiger partial charge is 0.599 e. The van der Waals surface area contributed by atoms with Crippen molar-refractivity contribution in [1.29, 1.82) is 0 Å². The number of azo groups is 2. The normalized spacial score (nSPS) is 60.0. The summed E-state index contributed by atoms with van der Waals surface area (Å²) in [5.41, 5.74) is -1.64. The molecule has 0 unspecified atom stereocenters. The van der Waals surface area contributed by atoms with Gasteiger partial charge in [-0.25, -0.2) is 0 Å². The average Bonchev–Trinajstić information content (AvgIpc) is 3.12. The van der Waals surface area contributed by atoms with Crippen LogP contribution < -0.4 is 0 Å². The molecule has 120 valence electrons. The van der Waals surface area contributed by atoms with Crippen molar-refractivity contribution in [2.75, 3.05) is 0 Å². The molecular weight excluding hydrogens is 280 g/mol. The molecule has 8 atom stereocenters. The highest BCUT2D eigenvalue weighted by Gasteiger charge is 2.88. The third kappa shape index (κ3) is 0.959. The van der Waals surface area contributed by atoms with Crippen LogP contribution in [0.3, 0.4) is 0 Å². The van der Waals surface area contributed by atoms with Gasteiger partial charge in [0.2, 0.25) is 11.1 Å². The van der Waals surface area contributed by atoms with E-state index in [0.29, 0.717) is 11.8 Å². The SMILES string of the molecule is CC1(C)[C@@]2(C)[C@@H]3[C@H](N=[N+]2[O-])[C@@H]2CCC[C@@H]2[C@@H]2N=[N+]([O-])[C@@]1(C)[C@@H]23. The van der Waals surface area contributed by atoms with Crippen molar-refractivity contribution in [3.8, 4) is 0 Å². The maximum absolute atomic E-state index is 12.8. The summed E-state index contributed by atoms with van der Waals surface area (Å²) in [6.45, 7) is 8.23. The number of hydrogen-bond acceptors (Lipinski definition) is 4. The molecule has 2 aliphatic heterocycles. The van der Waals surface area contributed by atoms with Gasteiger partial charge in [0.25, 0.3) is 0 Å². The second-order valence-corrected chi connectivity index (χ2v) is 8.99. The van der Waals surface area contributed by atoms with Crippen LogP contribution in [0.5, 0.6) is 0 Å². The van der Waals surface area contributed by atoms with Gasteiger partial charge in [-0.2, -0.15) is 0 Å². The molecule has 6 nitrogen and oxygen atoms in total. The lowest BCUT2D eigenvalue weighted by Gasteiger charge is -2.38. The Morgan fingerprint density at radius 2 is 1.23 bits per heavy atom. The van der Waals surface area contributed by atoms with Crippen LogP contribution in [0.25, 0.3) is 0 Å². The highest BCUT2D eigenvalue weighted by atomic mass is 16.5. The predicted molar refractivity (Wildman–Crippen MR) is 78.1 cm³/mol. The Labute approximate surface area is 130 Å². The highest BCUT2D eigenvalue weighted by molar-refractivity contribution is 5.27. The summed E-state index contributed by atoms with van der Waals surface area (Å²) in [5.74, 6) is 1.21. The minimum Gasteiger partial charge on any atom is -0.599 e. The maximum Gasteiger partial charge on any atom is 0.213 e. The molecule has 22 heavy (non-hydrogen) atoms. The van der Waals surface area contributed by atoms with Crippen molar-refractivity contribution in [2.24, 2.45) is 39.3 Å². The van der Waals surface area contributed by atoms with E-state index < -0.39 is 16.5 Å². The zero-order valence-corrected chi connectivity index (χ0v) is 13.7. The number of rotatable bonds is 0. The first kappa shape index (κ1) is 13.3. The van der Waals surface area contributed by atoms with Crippen molar-refractivity contribution in [2.45, 2.75) is 70.1 Å². The Morgan fingerprint density at radius 1 is 0.818 bits per heavy atom. The van der Waals surface area contributed by atoms with E-state index in [0.717, 1.165) is 22.6 Å². The topological polar surface area (TPSA) is 76.9 Å². The highest BCUT2D eigenvalue weighted by Crippen LogP contribution is 2.72. The lowest BCUT2D eigenvalue weighted by atomic mass is 9.61. The van der Waals surface area contributed by atoms with Crippen molar-refractivity contribution < 1.29 is 9.72 Å². The van der Waals surface area contributed by atoms with Gasteiger partial charge in [0.15, 0.2) is 0 Å². The molecule has 0 aromatic heterocycles. The summed E-state index contributed by atoms with van der Waals surface area (Å²) in [6, 6.07) is 0.193. The predicted octanol–water partition coefficient (Wildman–Crippen LogP) is 2.90. The van der Waals surface area contributed by atoms with Gasteiger partial charge in [-0.05, 0) is 48.8 Å². The van der Waals surface area contributed by atoms with Gasteiger partial charge in [0.05, 0.1) is 11.8 Å². The Hall–Kier alpha value is -1.20. The van der Waals surface area contributed by atoms with Gasteiger partial charge in [0, 0.05) is 13.8 Å². The van der Waals surface area contributed by atoms with Crippen LogP contribution in [0.1, 0.15) is 47.0 Å². The molecule has 3 saturated carbocycles. The maximum atomic E-state index is 12.8. The zero-order valence-electron chi connectivity index (χ0n) is 13.7. The Kier molecular flexibility index (Phi) is 2.01. The van der Waals surface area contributed by atoms with E-state index in [1.807, 2.05) is 13.8 Å². The molecule has 0 bridgehead atoms. The second-order valence-electron chi connectivity index (χ2n) is 8.99. The standard InChI is InChI=1S/C16H24N4O2/c1-14(2)15(3)10-11-13(18-20(22)16(11,14)4)9-7-5-6-8(9)12(10)17-19(15)21/h8-13H,5-7H2,1-4H3/t8-,9+,10+,11-,12-,13+,15-,16+. The molecule has 5 rings (SSSR count). The number of nitrogens with zero attached hydrogens (tertiary/aromatic N) is 4. The van der Waals surface area contributed by atoms with Crippen LogP contribution in [-0.2, 0) is 0 Å². The van der Waals surface area contributed by atoms with E-state index in [-0.39, 0.29) is 23.9 Å². The van der Waals surface area contributed by atoms with Gasteiger partial charge in [0.1, 0.15) is 17.5 Å². The fraction of sp³-hybridized carbons (Fsp3) is 1.00. The van der Waals surface area contributed by atoms with Crippen LogP contribution in [-0.4, -0.2) is 32.9 Å². The summed E-state index contributed by atoms with van der Waals surface area (Å²) >= 11 is 0. The molecule has 6 heteroatoms. The summed E-state index contributed by atoms with van der Waals surface area (Å²) in [5, 5.41) is 34.8. The summed E-state index contributed by atoms with van der Waals surface area (Å²) in [6.07, 6.45) is 3.45. The first-order chi connectivity index (χ1) is 10.3. The Balaban J connectivity index is 1.80. The Bertz CT molecular complexity index is 592. The van der Waals surface area contributed by atoms with Crippen molar-refractivity contribution in [3.05, 3.63) is 10.4 Å². The summed E-state index contributed by atoms with van der Waals surface area (Å²) in [4.78, 5) is 1.97. The van der Waals surface area contributed by atoms with Gasteiger partial charge < -0.3 is 10.4 Å². The van der Waals surface area contributed by atoms with Crippen LogP contribution in [0, 0.1) is 39.5 Å². The first-order valence-corrected chi connectivity index (χ1v) is 8.62. The smallest absolute Gasteiger partial charge is 0.213 e. The molecule has 5 aliphatic rings. The fourth-order valence-corrected chi connectivity index (χ4v) is 7.06. The average molecular weight is 304 g/mol. The van der Waals surface area contributed by atoms with E-state index in [1.165, 1.54) is 6.42 Å². The van der Waals surface area contributed by atoms with Gasteiger partial charge in [-0.1, -0.05) is 16.1 Å². The molecular formula is C16H24N4O2. The van der Waals surface area contributed by atoms with E-state index in [2.05, 4.69) is 24.1 Å². The minimum absolute atomic E-state index is 0.0963. The minimum atomic E-state index is -0.596. The molecule has 2 heterocycles. The van der Waals surface area contributed by atoms with Crippen LogP contribution in [0.2, 0.25) is 0 Å². The van der Waals surface area contributed by atoms with Gasteiger partial charge in [-0.15, -0.1) is 0 Å². The molecule has 3 fully saturated rings. The zero-order chi connectivity index (χ0) is 15.7. The van der Waals surface area contributed by atoms with Crippen LogP contribution in [0.15, 0.2) is 10.2 Å². The van der Waals surface area contributed by atoms with Crippen molar-refractivity contribution >= 4 is 0 Å². The monoisotopic (exact) mass is 304 g/mol. The third-order valence-corrected chi connectivity index (χ3v) is 8.72. The lowest BCUT2D eigenvalue weighted by Crippen LogP contribution is -2.56. The first-order valence-electron chi connectivity index (χ1n) is 8.62. The molecule has 0 aromatic rings. The molecule has 0 aromatic carbocycles. The molecule has 0 saturated heterocycles. The number of hydrogen-bond donors (Lipinski definition) is 0. The molecule has 0 N–H and O–H groups in total.